The van der Waals surface area contributed by atoms with Crippen molar-refractivity contribution in [3.05, 3.63) is 88.4 Å². The second-order valence-corrected chi connectivity index (χ2v) is 7.30. The highest BCUT2D eigenvalue weighted by molar-refractivity contribution is 6.31. The summed E-state index contributed by atoms with van der Waals surface area (Å²) in [6, 6.07) is 21.6. The highest BCUT2D eigenvalue weighted by Crippen LogP contribution is 2.29. The summed E-state index contributed by atoms with van der Waals surface area (Å²) in [5.41, 5.74) is 8.63. The van der Waals surface area contributed by atoms with E-state index in [2.05, 4.69) is 39.7 Å². The summed E-state index contributed by atoms with van der Waals surface area (Å²) in [5, 5.41) is 5.33. The maximum absolute atomic E-state index is 6.29. The van der Waals surface area contributed by atoms with Crippen molar-refractivity contribution >= 4 is 34.5 Å². The highest BCUT2D eigenvalue weighted by Gasteiger charge is 2.18. The van der Waals surface area contributed by atoms with Gasteiger partial charge in [0.25, 0.3) is 0 Å². The van der Waals surface area contributed by atoms with Gasteiger partial charge in [-0.3, -0.25) is 5.43 Å². The monoisotopic (exact) mass is 404 g/mol. The average molecular weight is 405 g/mol. The Labute approximate surface area is 175 Å². The molecule has 0 fully saturated rings. The molecule has 0 aromatic heterocycles. The third-order valence-electron chi connectivity index (χ3n) is 4.74. The lowest BCUT2D eigenvalue weighted by Gasteiger charge is -2.13. The maximum Gasteiger partial charge on any atom is 0.154 e. The van der Waals surface area contributed by atoms with E-state index in [9.17, 15) is 0 Å². The standard InChI is InChI=1S/C23H21ClN4O/c1-28(2)18-9-4-15(5-10-18)22-20-14-17(24)8-13-21(20)25-23(27-26-22)16-6-11-19(29-3)12-7-16/h4-14H,1-3H3,(H,25,27). The van der Waals surface area contributed by atoms with Gasteiger partial charge in [-0.15, -0.1) is 0 Å². The molecule has 0 aliphatic carbocycles. The number of rotatable bonds is 4. The van der Waals surface area contributed by atoms with Crippen molar-refractivity contribution < 1.29 is 4.74 Å². The van der Waals surface area contributed by atoms with Gasteiger partial charge in [0, 0.05) is 41.5 Å². The zero-order valence-electron chi connectivity index (χ0n) is 16.5. The molecule has 0 spiro atoms. The van der Waals surface area contributed by atoms with Gasteiger partial charge in [-0.2, -0.15) is 5.10 Å². The van der Waals surface area contributed by atoms with Crippen molar-refractivity contribution in [1.82, 2.24) is 5.43 Å². The minimum Gasteiger partial charge on any atom is -0.497 e. The van der Waals surface area contributed by atoms with Gasteiger partial charge in [-0.1, -0.05) is 23.7 Å². The van der Waals surface area contributed by atoms with Gasteiger partial charge >= 0.3 is 0 Å². The molecule has 4 rings (SSSR count). The zero-order valence-corrected chi connectivity index (χ0v) is 17.2. The van der Waals surface area contributed by atoms with Crippen LogP contribution in [0.5, 0.6) is 5.75 Å². The lowest BCUT2D eigenvalue weighted by molar-refractivity contribution is 0.415. The zero-order chi connectivity index (χ0) is 20.4. The van der Waals surface area contributed by atoms with Crippen LogP contribution < -0.4 is 15.1 Å². The van der Waals surface area contributed by atoms with Gasteiger partial charge in [-0.05, 0) is 54.6 Å². The fourth-order valence-corrected chi connectivity index (χ4v) is 3.30. The molecular weight excluding hydrogens is 384 g/mol. The topological polar surface area (TPSA) is 49.2 Å². The fraction of sp³-hybridized carbons (Fsp3) is 0.130. The first kappa shape index (κ1) is 19.0. The Morgan fingerprint density at radius 2 is 1.59 bits per heavy atom. The van der Waals surface area contributed by atoms with E-state index in [1.54, 1.807) is 7.11 Å². The minimum absolute atomic E-state index is 0.643. The number of amidine groups is 1. The quantitative estimate of drug-likeness (QED) is 0.676. The van der Waals surface area contributed by atoms with Crippen LogP contribution in [0.4, 0.5) is 11.4 Å². The Hall–Kier alpha value is -3.31. The van der Waals surface area contributed by atoms with Crippen molar-refractivity contribution in [3.63, 3.8) is 0 Å². The predicted octanol–water partition coefficient (Wildman–Crippen LogP) is 4.85. The third kappa shape index (κ3) is 3.96. The summed E-state index contributed by atoms with van der Waals surface area (Å²) in [6.45, 7) is 0. The van der Waals surface area contributed by atoms with Crippen LogP contribution in [0.1, 0.15) is 16.7 Å². The van der Waals surface area contributed by atoms with Crippen molar-refractivity contribution in [3.8, 4) is 5.75 Å². The van der Waals surface area contributed by atoms with Crippen LogP contribution in [0.25, 0.3) is 0 Å². The average Bonchev–Trinajstić information content (AvgIpc) is 2.93. The van der Waals surface area contributed by atoms with E-state index in [0.29, 0.717) is 10.9 Å². The Bertz CT molecular complexity index is 1090. The lowest BCUT2D eigenvalue weighted by atomic mass is 10.0. The number of hydrogen-bond donors (Lipinski definition) is 1. The molecule has 0 unspecified atom stereocenters. The van der Waals surface area contributed by atoms with Crippen LogP contribution >= 0.6 is 11.6 Å². The molecule has 146 valence electrons. The number of hydrazone groups is 1. The van der Waals surface area contributed by atoms with Crippen molar-refractivity contribution in [2.45, 2.75) is 0 Å². The first-order valence-electron chi connectivity index (χ1n) is 9.19. The molecule has 0 saturated heterocycles. The van der Waals surface area contributed by atoms with E-state index in [-0.39, 0.29) is 0 Å². The summed E-state index contributed by atoms with van der Waals surface area (Å²) in [4.78, 5) is 6.87. The van der Waals surface area contributed by atoms with E-state index in [1.807, 2.05) is 56.6 Å². The van der Waals surface area contributed by atoms with Gasteiger partial charge in [0.2, 0.25) is 0 Å². The van der Waals surface area contributed by atoms with Gasteiger partial charge in [0.05, 0.1) is 12.8 Å². The Kier molecular flexibility index (Phi) is 5.23. The lowest BCUT2D eigenvalue weighted by Crippen LogP contribution is -2.19. The van der Waals surface area contributed by atoms with Crippen LogP contribution in [0.2, 0.25) is 5.02 Å². The van der Waals surface area contributed by atoms with Gasteiger partial charge in [-0.25, -0.2) is 4.99 Å². The van der Waals surface area contributed by atoms with Gasteiger partial charge in [0.1, 0.15) is 11.5 Å². The predicted molar refractivity (Wildman–Crippen MR) is 120 cm³/mol. The number of nitrogens with one attached hydrogen (secondary N) is 1. The molecule has 6 heteroatoms. The number of anilines is 1. The number of aliphatic imine (C=N–C) groups is 1. The van der Waals surface area contributed by atoms with E-state index in [4.69, 9.17) is 21.3 Å². The molecule has 0 amide bonds. The second kappa shape index (κ2) is 7.97. The molecule has 3 aromatic rings. The second-order valence-electron chi connectivity index (χ2n) is 6.86. The largest absolute Gasteiger partial charge is 0.497 e. The van der Waals surface area contributed by atoms with Crippen molar-refractivity contribution in [2.75, 3.05) is 26.1 Å². The summed E-state index contributed by atoms with van der Waals surface area (Å²) in [5.74, 6) is 1.46. The van der Waals surface area contributed by atoms with E-state index in [1.165, 1.54) is 0 Å². The number of ether oxygens (including phenoxy) is 1. The summed E-state index contributed by atoms with van der Waals surface area (Å²) >= 11 is 6.29. The number of halogens is 1. The molecular formula is C23H21ClN4O. The number of fused-ring (bicyclic) bond motifs is 1. The molecule has 5 nitrogen and oxygen atoms in total. The summed E-state index contributed by atoms with van der Waals surface area (Å²) in [7, 11) is 5.68. The normalized spacial score (nSPS) is 12.8. The molecule has 29 heavy (non-hydrogen) atoms. The minimum atomic E-state index is 0.643. The molecule has 0 radical (unpaired) electrons. The third-order valence-corrected chi connectivity index (χ3v) is 4.98. The van der Waals surface area contributed by atoms with Crippen LogP contribution in [0.3, 0.4) is 0 Å². The smallest absolute Gasteiger partial charge is 0.154 e. The molecule has 0 atom stereocenters. The molecule has 0 saturated carbocycles. The SMILES string of the molecule is COc1ccc(C2=Nc3ccc(Cl)cc3C(c3ccc(N(C)C)cc3)=NN2)cc1. The summed E-state index contributed by atoms with van der Waals surface area (Å²) < 4.78 is 5.25. The fourth-order valence-electron chi connectivity index (χ4n) is 3.13. The number of benzene rings is 3. The van der Waals surface area contributed by atoms with E-state index in [0.717, 1.165) is 39.5 Å². The number of hydrogen-bond acceptors (Lipinski definition) is 5. The number of methoxy groups -OCH3 is 1. The first-order chi connectivity index (χ1) is 14.0. The molecule has 1 heterocycles. The Morgan fingerprint density at radius 1 is 0.897 bits per heavy atom. The van der Waals surface area contributed by atoms with Crippen LogP contribution in [0.15, 0.2) is 76.8 Å². The maximum atomic E-state index is 6.29. The molecule has 1 aliphatic heterocycles. The van der Waals surface area contributed by atoms with E-state index >= 15 is 0 Å². The molecule has 1 aliphatic rings. The van der Waals surface area contributed by atoms with Crippen LogP contribution in [-0.4, -0.2) is 32.8 Å². The first-order valence-corrected chi connectivity index (χ1v) is 9.57. The molecule has 3 aromatic carbocycles. The highest BCUT2D eigenvalue weighted by atomic mass is 35.5. The number of nitrogens with zero attached hydrogens (tertiary/aromatic N) is 3. The Balaban J connectivity index is 1.79. The van der Waals surface area contributed by atoms with Crippen LogP contribution in [-0.2, 0) is 0 Å². The van der Waals surface area contributed by atoms with Crippen LogP contribution in [0, 0.1) is 0 Å². The van der Waals surface area contributed by atoms with Gasteiger partial charge in [0.15, 0.2) is 5.84 Å². The van der Waals surface area contributed by atoms with Crippen molar-refractivity contribution in [2.24, 2.45) is 10.1 Å². The Morgan fingerprint density at radius 3 is 2.24 bits per heavy atom. The van der Waals surface area contributed by atoms with E-state index < -0.39 is 0 Å². The van der Waals surface area contributed by atoms with Gasteiger partial charge < -0.3 is 9.64 Å². The summed E-state index contributed by atoms with van der Waals surface area (Å²) in [6.07, 6.45) is 0. The molecule has 0 bridgehead atoms. The molecule has 1 N–H and O–H groups in total. The van der Waals surface area contributed by atoms with Crippen molar-refractivity contribution in [1.29, 1.82) is 0 Å².